The first-order chi connectivity index (χ1) is 11.6. The molecule has 0 saturated carbocycles. The predicted octanol–water partition coefficient (Wildman–Crippen LogP) is 2.95. The molecule has 0 aliphatic heterocycles. The molecule has 0 N–H and O–H groups in total. The summed E-state index contributed by atoms with van der Waals surface area (Å²) in [6, 6.07) is 12.5. The van der Waals surface area contributed by atoms with Gasteiger partial charge in [-0.15, -0.1) is 0 Å². The quantitative estimate of drug-likeness (QED) is 0.711. The van der Waals surface area contributed by atoms with Crippen LogP contribution in [0.4, 0.5) is 5.69 Å². The smallest absolute Gasteiger partial charge is 0.340 e. The maximum Gasteiger partial charge on any atom is 0.340 e. The van der Waals surface area contributed by atoms with Crippen molar-refractivity contribution in [3.05, 3.63) is 58.8 Å². The highest BCUT2D eigenvalue weighted by Crippen LogP contribution is 2.15. The molecule has 1 aromatic carbocycles. The van der Waals surface area contributed by atoms with Crippen molar-refractivity contribution in [2.45, 2.75) is 6.42 Å². The average Bonchev–Trinajstić information content (AvgIpc) is 2.61. The number of para-hydroxylation sites is 1. The van der Waals surface area contributed by atoms with Crippen molar-refractivity contribution in [2.24, 2.45) is 0 Å². The molecular weight excluding hydrogens is 374 g/mol. The predicted molar refractivity (Wildman–Crippen MR) is 91.2 cm³/mol. The zero-order chi connectivity index (χ0) is 17.4. The summed E-state index contributed by atoms with van der Waals surface area (Å²) in [5.74, 6) is -1.03. The molecule has 24 heavy (non-hydrogen) atoms. The molecule has 0 atom stereocenters. The van der Waals surface area contributed by atoms with Crippen molar-refractivity contribution < 1.29 is 14.3 Å². The Balaban J connectivity index is 2.02. The first kappa shape index (κ1) is 17.6. The van der Waals surface area contributed by atoms with Crippen LogP contribution in [0.3, 0.4) is 0 Å². The second kappa shape index (κ2) is 8.79. The van der Waals surface area contributed by atoms with E-state index in [2.05, 4.69) is 20.9 Å². The average molecular weight is 388 g/mol. The molecule has 0 aliphatic rings. The van der Waals surface area contributed by atoms with Crippen LogP contribution in [-0.2, 0) is 9.53 Å². The molecule has 0 spiro atoms. The Morgan fingerprint density at radius 1 is 1.25 bits per heavy atom. The van der Waals surface area contributed by atoms with Crippen LogP contribution in [0.5, 0.6) is 0 Å². The maximum absolute atomic E-state index is 12.4. The zero-order valence-corrected chi connectivity index (χ0v) is 14.3. The number of amides is 1. The number of carbonyl (C=O) groups is 2. The number of anilines is 1. The number of ether oxygens (including phenoxy) is 1. The lowest BCUT2D eigenvalue weighted by atomic mass is 10.2. The zero-order valence-electron chi connectivity index (χ0n) is 12.7. The Labute approximate surface area is 147 Å². The molecule has 0 unspecified atom stereocenters. The van der Waals surface area contributed by atoms with E-state index in [0.29, 0.717) is 10.2 Å². The molecule has 0 bridgehead atoms. The third-order valence-corrected chi connectivity index (χ3v) is 3.52. The van der Waals surface area contributed by atoms with E-state index in [0.717, 1.165) is 0 Å². The minimum Gasteiger partial charge on any atom is -0.452 e. The summed E-state index contributed by atoms with van der Waals surface area (Å²) in [6.45, 7) is -0.180. The maximum atomic E-state index is 12.4. The highest BCUT2D eigenvalue weighted by atomic mass is 79.9. The number of hydrogen-bond donors (Lipinski definition) is 0. The van der Waals surface area contributed by atoms with Crippen LogP contribution in [0.1, 0.15) is 16.8 Å². The Hall–Kier alpha value is -2.72. The standard InChI is InChI=1S/C17H14BrN3O3/c18-14-9-13(10-20-11-14)17(23)24-12-16(22)21(8-4-7-19)15-5-2-1-3-6-15/h1-3,5-6,9-11H,4,8,12H2. The highest BCUT2D eigenvalue weighted by Gasteiger charge is 2.18. The lowest BCUT2D eigenvalue weighted by Crippen LogP contribution is -2.35. The van der Waals surface area contributed by atoms with Crippen molar-refractivity contribution in [3.8, 4) is 6.07 Å². The van der Waals surface area contributed by atoms with E-state index in [1.54, 1.807) is 36.5 Å². The van der Waals surface area contributed by atoms with Crippen LogP contribution < -0.4 is 4.90 Å². The summed E-state index contributed by atoms with van der Waals surface area (Å²) < 4.78 is 5.70. The van der Waals surface area contributed by atoms with Gasteiger partial charge in [0.05, 0.1) is 18.1 Å². The summed E-state index contributed by atoms with van der Waals surface area (Å²) in [7, 11) is 0. The fourth-order valence-corrected chi connectivity index (χ4v) is 2.34. The monoisotopic (exact) mass is 387 g/mol. The Bertz CT molecular complexity index is 759. The molecule has 0 saturated heterocycles. The molecule has 2 rings (SSSR count). The number of nitriles is 1. The van der Waals surface area contributed by atoms with Gasteiger partial charge in [-0.1, -0.05) is 18.2 Å². The number of hydrogen-bond acceptors (Lipinski definition) is 5. The first-order valence-electron chi connectivity index (χ1n) is 7.12. The van der Waals surface area contributed by atoms with Gasteiger partial charge in [-0.05, 0) is 34.1 Å². The first-order valence-corrected chi connectivity index (χ1v) is 7.91. The fourth-order valence-electron chi connectivity index (χ4n) is 1.98. The van der Waals surface area contributed by atoms with Crippen molar-refractivity contribution in [1.82, 2.24) is 4.98 Å². The topological polar surface area (TPSA) is 83.3 Å². The molecule has 1 amide bonds. The van der Waals surface area contributed by atoms with Gasteiger partial charge in [-0.3, -0.25) is 9.78 Å². The Kier molecular flexibility index (Phi) is 6.46. The summed E-state index contributed by atoms with van der Waals surface area (Å²) in [6.07, 6.45) is 3.09. The Morgan fingerprint density at radius 3 is 2.67 bits per heavy atom. The minimum atomic E-state index is -0.634. The SMILES string of the molecule is N#CCCN(C(=O)COC(=O)c1cncc(Br)c1)c1ccccc1. The van der Waals surface area contributed by atoms with Gasteiger partial charge in [-0.2, -0.15) is 5.26 Å². The van der Waals surface area contributed by atoms with Gasteiger partial charge in [0.2, 0.25) is 0 Å². The third-order valence-electron chi connectivity index (χ3n) is 3.08. The van der Waals surface area contributed by atoms with Gasteiger partial charge in [-0.25, -0.2) is 4.79 Å². The molecule has 122 valence electrons. The summed E-state index contributed by atoms with van der Waals surface area (Å²) >= 11 is 3.22. The highest BCUT2D eigenvalue weighted by molar-refractivity contribution is 9.10. The number of esters is 1. The van der Waals surface area contributed by atoms with Crippen LogP contribution in [0.2, 0.25) is 0 Å². The van der Waals surface area contributed by atoms with Gasteiger partial charge >= 0.3 is 5.97 Å². The van der Waals surface area contributed by atoms with E-state index in [1.165, 1.54) is 11.1 Å². The third kappa shape index (κ3) is 4.89. The second-order valence-corrected chi connectivity index (χ2v) is 5.67. The molecule has 1 heterocycles. The molecule has 1 aromatic heterocycles. The lowest BCUT2D eigenvalue weighted by Gasteiger charge is -2.21. The van der Waals surface area contributed by atoms with E-state index >= 15 is 0 Å². The van der Waals surface area contributed by atoms with Crippen molar-refractivity contribution >= 4 is 33.5 Å². The number of rotatable bonds is 6. The molecule has 6 nitrogen and oxygen atoms in total. The molecule has 0 fully saturated rings. The number of pyridine rings is 1. The van der Waals surface area contributed by atoms with Crippen molar-refractivity contribution in [3.63, 3.8) is 0 Å². The van der Waals surface area contributed by atoms with E-state index in [9.17, 15) is 9.59 Å². The number of benzene rings is 1. The molecule has 7 heteroatoms. The van der Waals surface area contributed by atoms with Crippen LogP contribution in [0.25, 0.3) is 0 Å². The van der Waals surface area contributed by atoms with Crippen molar-refractivity contribution in [1.29, 1.82) is 5.26 Å². The summed E-state index contributed by atoms with van der Waals surface area (Å²) in [4.78, 5) is 29.6. The van der Waals surface area contributed by atoms with E-state index < -0.39 is 18.5 Å². The van der Waals surface area contributed by atoms with Crippen molar-refractivity contribution in [2.75, 3.05) is 18.1 Å². The van der Waals surface area contributed by atoms with Crippen LogP contribution in [-0.4, -0.2) is 30.0 Å². The molecule has 0 radical (unpaired) electrons. The van der Waals surface area contributed by atoms with Crippen LogP contribution in [0, 0.1) is 11.3 Å². The Morgan fingerprint density at radius 2 is 2.00 bits per heavy atom. The number of carbonyl (C=O) groups excluding carboxylic acids is 2. The molecule has 2 aromatic rings. The minimum absolute atomic E-state index is 0.185. The van der Waals surface area contributed by atoms with Gasteiger partial charge < -0.3 is 9.64 Å². The number of nitrogens with zero attached hydrogens (tertiary/aromatic N) is 3. The molecular formula is C17H14BrN3O3. The summed E-state index contributed by atoms with van der Waals surface area (Å²) in [5, 5.41) is 8.75. The van der Waals surface area contributed by atoms with E-state index in [1.807, 2.05) is 12.1 Å². The lowest BCUT2D eigenvalue weighted by molar-refractivity contribution is -0.121. The normalized spacial score (nSPS) is 9.83. The number of aromatic nitrogens is 1. The van der Waals surface area contributed by atoms with Gasteiger partial charge in [0, 0.05) is 29.1 Å². The fraction of sp³-hybridized carbons (Fsp3) is 0.176. The van der Waals surface area contributed by atoms with E-state index in [4.69, 9.17) is 10.00 Å². The van der Waals surface area contributed by atoms with Gasteiger partial charge in [0.15, 0.2) is 6.61 Å². The molecule has 0 aliphatic carbocycles. The van der Waals surface area contributed by atoms with Crippen LogP contribution in [0.15, 0.2) is 53.3 Å². The van der Waals surface area contributed by atoms with Gasteiger partial charge in [0.25, 0.3) is 5.91 Å². The summed E-state index contributed by atoms with van der Waals surface area (Å²) in [5.41, 5.74) is 0.901. The van der Waals surface area contributed by atoms with Gasteiger partial charge in [0.1, 0.15) is 0 Å². The van der Waals surface area contributed by atoms with Crippen LogP contribution >= 0.6 is 15.9 Å². The largest absolute Gasteiger partial charge is 0.452 e. The second-order valence-electron chi connectivity index (χ2n) is 4.76. The van der Waals surface area contributed by atoms with E-state index in [-0.39, 0.29) is 18.5 Å². The number of halogens is 1.